The minimum absolute atomic E-state index is 0.141. The van der Waals surface area contributed by atoms with E-state index in [0.717, 1.165) is 12.7 Å². The summed E-state index contributed by atoms with van der Waals surface area (Å²) in [5.74, 6) is -4.71. The number of aryl methyl sites for hydroxylation is 1. The van der Waals surface area contributed by atoms with Crippen molar-refractivity contribution in [2.24, 2.45) is 0 Å². The Morgan fingerprint density at radius 3 is 2.63 bits per heavy atom. The van der Waals surface area contributed by atoms with Crippen LogP contribution in [-0.2, 0) is 17.1 Å². The molecule has 0 unspecified atom stereocenters. The molecule has 0 fully saturated rings. The van der Waals surface area contributed by atoms with Crippen LogP contribution in [0.2, 0.25) is 5.02 Å². The molecular formula is C20H16ClF2NO3. The Morgan fingerprint density at radius 2 is 1.93 bits per heavy atom. The first kappa shape index (κ1) is 17.9. The highest BCUT2D eigenvalue weighted by molar-refractivity contribution is 6.33. The Labute approximate surface area is 159 Å². The lowest BCUT2D eigenvalue weighted by Gasteiger charge is -2.40. The van der Waals surface area contributed by atoms with E-state index in [1.807, 2.05) is 0 Å². The average Bonchev–Trinajstić information content (AvgIpc) is 3.08. The maximum atomic E-state index is 15.1. The number of esters is 1. The van der Waals surface area contributed by atoms with Crippen molar-refractivity contribution in [3.05, 3.63) is 69.2 Å². The average molecular weight is 392 g/mol. The maximum Gasteiger partial charge on any atom is 0.338 e. The summed E-state index contributed by atoms with van der Waals surface area (Å²) in [6, 6.07) is 8.95. The van der Waals surface area contributed by atoms with Gasteiger partial charge in [-0.25, -0.2) is 4.79 Å². The number of amides is 1. The highest BCUT2D eigenvalue weighted by Crippen LogP contribution is 2.50. The number of methoxy groups -OCH3 is 1. The van der Waals surface area contributed by atoms with E-state index in [1.165, 1.54) is 17.0 Å². The third-order valence-electron chi connectivity index (χ3n) is 5.24. The van der Waals surface area contributed by atoms with Crippen molar-refractivity contribution in [2.45, 2.75) is 24.8 Å². The molecule has 0 N–H and O–H groups in total. The number of nitrogens with zero attached hydrogens (tertiary/aromatic N) is 1. The van der Waals surface area contributed by atoms with Crippen LogP contribution in [0, 0.1) is 0 Å². The van der Waals surface area contributed by atoms with Crippen molar-refractivity contribution in [2.75, 3.05) is 13.7 Å². The summed E-state index contributed by atoms with van der Waals surface area (Å²) in [4.78, 5) is 26.2. The number of ether oxygens (including phenoxy) is 1. The van der Waals surface area contributed by atoms with Gasteiger partial charge < -0.3 is 9.64 Å². The second kappa shape index (κ2) is 6.30. The van der Waals surface area contributed by atoms with Gasteiger partial charge in [0.2, 0.25) is 0 Å². The van der Waals surface area contributed by atoms with Gasteiger partial charge in [-0.2, -0.15) is 8.78 Å². The Balaban J connectivity index is 1.85. The molecule has 1 heterocycles. The second-order valence-corrected chi connectivity index (χ2v) is 7.13. The summed E-state index contributed by atoms with van der Waals surface area (Å²) < 4.78 is 34.9. The number of rotatable bonds is 2. The molecule has 4 rings (SSSR count). The molecule has 1 atom stereocenters. The largest absolute Gasteiger partial charge is 0.465 e. The molecule has 1 aliphatic heterocycles. The topological polar surface area (TPSA) is 46.6 Å². The Bertz CT molecular complexity index is 960. The molecular weight excluding hydrogens is 376 g/mol. The van der Waals surface area contributed by atoms with Crippen molar-refractivity contribution in [1.82, 2.24) is 4.90 Å². The lowest BCUT2D eigenvalue weighted by Crippen LogP contribution is -2.47. The summed E-state index contributed by atoms with van der Waals surface area (Å²) in [6.45, 7) is -0.803. The number of hydrogen-bond acceptors (Lipinski definition) is 3. The van der Waals surface area contributed by atoms with E-state index in [4.69, 9.17) is 11.6 Å². The van der Waals surface area contributed by atoms with Gasteiger partial charge in [0.1, 0.15) is 0 Å². The molecule has 1 aliphatic carbocycles. The van der Waals surface area contributed by atoms with Gasteiger partial charge in [-0.05, 0) is 42.2 Å². The highest BCUT2D eigenvalue weighted by atomic mass is 35.5. The van der Waals surface area contributed by atoms with Gasteiger partial charge in [0.05, 0.1) is 35.8 Å². The van der Waals surface area contributed by atoms with Gasteiger partial charge in [-0.3, -0.25) is 4.79 Å². The second-order valence-electron chi connectivity index (χ2n) is 6.72. The zero-order valence-corrected chi connectivity index (χ0v) is 15.2. The van der Waals surface area contributed by atoms with Crippen LogP contribution in [0.4, 0.5) is 8.78 Å². The van der Waals surface area contributed by atoms with Crippen LogP contribution in [0.25, 0.3) is 0 Å². The van der Waals surface area contributed by atoms with Crippen LogP contribution in [-0.4, -0.2) is 30.4 Å². The van der Waals surface area contributed by atoms with Crippen molar-refractivity contribution in [3.63, 3.8) is 0 Å². The summed E-state index contributed by atoms with van der Waals surface area (Å²) in [7, 11) is 1.16. The molecule has 2 aromatic carbocycles. The van der Waals surface area contributed by atoms with Crippen molar-refractivity contribution >= 4 is 23.5 Å². The number of hydrogen-bond donors (Lipinski definition) is 0. The molecule has 0 aromatic heterocycles. The predicted molar refractivity (Wildman–Crippen MR) is 95.2 cm³/mol. The SMILES string of the molecule is COC(=O)c1ccc2c3c1C(F)(F)CN(C(=O)c1ccccc1Cl)[C@@H]3CC2. The fourth-order valence-corrected chi connectivity index (χ4v) is 4.31. The van der Waals surface area contributed by atoms with E-state index in [0.29, 0.717) is 18.4 Å². The molecule has 27 heavy (non-hydrogen) atoms. The zero-order chi connectivity index (χ0) is 19.3. The molecule has 7 heteroatoms. The minimum atomic E-state index is -3.37. The summed E-state index contributed by atoms with van der Waals surface area (Å²) >= 11 is 6.10. The van der Waals surface area contributed by atoms with E-state index in [-0.39, 0.29) is 21.7 Å². The maximum absolute atomic E-state index is 15.1. The van der Waals surface area contributed by atoms with Gasteiger partial charge >= 0.3 is 5.97 Å². The summed E-state index contributed by atoms with van der Waals surface area (Å²) in [5, 5.41) is 0.221. The first-order valence-electron chi connectivity index (χ1n) is 8.53. The fraction of sp³-hybridized carbons (Fsp3) is 0.300. The zero-order valence-electron chi connectivity index (χ0n) is 14.5. The lowest BCUT2D eigenvalue weighted by molar-refractivity contribution is -0.0548. The van der Waals surface area contributed by atoms with Gasteiger partial charge in [0.25, 0.3) is 11.8 Å². The van der Waals surface area contributed by atoms with Crippen molar-refractivity contribution in [1.29, 1.82) is 0 Å². The Kier molecular flexibility index (Phi) is 4.18. The van der Waals surface area contributed by atoms with Gasteiger partial charge in [0.15, 0.2) is 0 Å². The van der Waals surface area contributed by atoms with E-state index < -0.39 is 30.4 Å². The Morgan fingerprint density at radius 1 is 1.19 bits per heavy atom. The monoisotopic (exact) mass is 391 g/mol. The molecule has 4 nitrogen and oxygen atoms in total. The van der Waals surface area contributed by atoms with E-state index in [1.54, 1.807) is 24.3 Å². The summed E-state index contributed by atoms with van der Waals surface area (Å²) in [6.07, 6.45) is 1.09. The van der Waals surface area contributed by atoms with Crippen molar-refractivity contribution in [3.8, 4) is 0 Å². The molecule has 0 spiro atoms. The van der Waals surface area contributed by atoms with Crippen LogP contribution >= 0.6 is 11.6 Å². The van der Waals surface area contributed by atoms with Crippen LogP contribution in [0.3, 0.4) is 0 Å². The normalized spacial score (nSPS) is 19.6. The van der Waals surface area contributed by atoms with Crippen LogP contribution < -0.4 is 0 Å². The van der Waals surface area contributed by atoms with Crippen LogP contribution in [0.1, 0.15) is 49.9 Å². The number of benzene rings is 2. The molecule has 1 amide bonds. The highest BCUT2D eigenvalue weighted by Gasteiger charge is 2.51. The number of carbonyl (C=O) groups excluding carboxylic acids is 2. The Hall–Kier alpha value is -2.47. The van der Waals surface area contributed by atoms with Crippen LogP contribution in [0.15, 0.2) is 36.4 Å². The molecule has 0 saturated heterocycles. The molecule has 0 radical (unpaired) electrons. The fourth-order valence-electron chi connectivity index (χ4n) is 4.09. The van der Waals surface area contributed by atoms with Gasteiger partial charge in [0, 0.05) is 5.56 Å². The number of carbonyl (C=O) groups is 2. The number of alkyl halides is 2. The van der Waals surface area contributed by atoms with Crippen molar-refractivity contribution < 1.29 is 23.1 Å². The third kappa shape index (κ3) is 2.70. The van der Waals surface area contributed by atoms with E-state index in [9.17, 15) is 9.59 Å². The number of halogens is 3. The molecule has 140 valence electrons. The first-order valence-corrected chi connectivity index (χ1v) is 8.91. The van der Waals surface area contributed by atoms with Gasteiger partial charge in [-0.1, -0.05) is 29.8 Å². The first-order chi connectivity index (χ1) is 12.8. The molecule has 2 aromatic rings. The summed E-state index contributed by atoms with van der Waals surface area (Å²) in [5.41, 5.74) is 0.847. The predicted octanol–water partition coefficient (Wildman–Crippen LogP) is 4.36. The smallest absolute Gasteiger partial charge is 0.338 e. The van der Waals surface area contributed by atoms with Crippen LogP contribution in [0.5, 0.6) is 0 Å². The van der Waals surface area contributed by atoms with E-state index in [2.05, 4.69) is 4.74 Å². The third-order valence-corrected chi connectivity index (χ3v) is 5.57. The lowest BCUT2D eigenvalue weighted by atomic mass is 9.86. The molecule has 0 saturated carbocycles. The molecule has 2 aliphatic rings. The van der Waals surface area contributed by atoms with E-state index >= 15 is 8.78 Å². The molecule has 0 bridgehead atoms. The standard InChI is InChI=1S/C20H16ClF2NO3/c1-27-19(26)13-8-6-11-7-9-15-16(11)17(13)20(22,23)10-24(15)18(25)12-4-2-3-5-14(12)21/h2-6,8,15H,7,9-10H2,1H3/t15-/m1/s1. The minimum Gasteiger partial charge on any atom is -0.465 e. The quantitative estimate of drug-likeness (QED) is 0.714. The van der Waals surface area contributed by atoms with Gasteiger partial charge in [-0.15, -0.1) is 0 Å².